The molecular formula is C10H19F3N2O. The topological polar surface area (TPSA) is 41.1 Å². The molecule has 0 rings (SSSR count). The first kappa shape index (κ1) is 15.2. The minimum Gasteiger partial charge on any atom is -0.346 e. The predicted molar refractivity (Wildman–Crippen MR) is 56.1 cm³/mol. The normalized spacial score (nSPS) is 13.6. The average molecular weight is 240 g/mol. The summed E-state index contributed by atoms with van der Waals surface area (Å²) in [7, 11) is 0. The fourth-order valence-corrected chi connectivity index (χ4v) is 1.13. The van der Waals surface area contributed by atoms with Gasteiger partial charge in [-0.2, -0.15) is 13.2 Å². The maximum Gasteiger partial charge on any atom is 0.405 e. The number of carbonyl (C=O) groups is 1. The molecule has 0 saturated carbocycles. The molecule has 0 aliphatic rings. The second-order valence-corrected chi connectivity index (χ2v) is 3.72. The van der Waals surface area contributed by atoms with Gasteiger partial charge in [0.05, 0.1) is 6.04 Å². The van der Waals surface area contributed by atoms with Crippen LogP contribution in [0.2, 0.25) is 0 Å². The van der Waals surface area contributed by atoms with Crippen LogP contribution in [0.25, 0.3) is 0 Å². The van der Waals surface area contributed by atoms with Crippen LogP contribution in [-0.2, 0) is 4.79 Å². The van der Waals surface area contributed by atoms with Crippen molar-refractivity contribution < 1.29 is 18.0 Å². The molecule has 16 heavy (non-hydrogen) atoms. The van der Waals surface area contributed by atoms with E-state index < -0.39 is 24.7 Å². The Balaban J connectivity index is 3.65. The molecule has 0 spiro atoms. The molecule has 0 aromatic rings. The van der Waals surface area contributed by atoms with Gasteiger partial charge in [0.25, 0.3) is 0 Å². The van der Waals surface area contributed by atoms with E-state index in [4.69, 9.17) is 0 Å². The molecule has 0 bridgehead atoms. The Bertz CT molecular complexity index is 207. The maximum absolute atomic E-state index is 11.8. The molecule has 1 unspecified atom stereocenters. The first-order valence-corrected chi connectivity index (χ1v) is 5.44. The van der Waals surface area contributed by atoms with Crippen LogP contribution in [0.4, 0.5) is 13.2 Å². The summed E-state index contributed by atoms with van der Waals surface area (Å²) in [6, 6.07) is -0.584. The van der Waals surface area contributed by atoms with E-state index in [1.807, 2.05) is 5.32 Å². The summed E-state index contributed by atoms with van der Waals surface area (Å²) in [5.41, 5.74) is 0. The molecule has 0 heterocycles. The summed E-state index contributed by atoms with van der Waals surface area (Å²) in [4.78, 5) is 11.2. The highest BCUT2D eigenvalue weighted by Crippen LogP contribution is 2.12. The van der Waals surface area contributed by atoms with Gasteiger partial charge in [-0.05, 0) is 19.9 Å². The fourth-order valence-electron chi connectivity index (χ4n) is 1.13. The smallest absolute Gasteiger partial charge is 0.346 e. The summed E-state index contributed by atoms with van der Waals surface area (Å²) < 4.78 is 35.4. The lowest BCUT2D eigenvalue weighted by molar-refractivity contribution is -0.139. The number of alkyl halides is 3. The largest absolute Gasteiger partial charge is 0.405 e. The molecular weight excluding hydrogens is 221 g/mol. The van der Waals surface area contributed by atoms with Gasteiger partial charge in [-0.1, -0.05) is 19.8 Å². The standard InChI is InChI=1S/C10H19F3N2O/c1-3-4-5-6-14-8(2)9(16)15-7-10(11,12)13/h8,14H,3-7H2,1-2H3,(H,15,16). The lowest BCUT2D eigenvalue weighted by Crippen LogP contribution is -2.45. The van der Waals surface area contributed by atoms with Crippen molar-refractivity contribution in [3.8, 4) is 0 Å². The summed E-state index contributed by atoms with van der Waals surface area (Å²) >= 11 is 0. The monoisotopic (exact) mass is 240 g/mol. The zero-order chi connectivity index (χ0) is 12.6. The maximum atomic E-state index is 11.8. The van der Waals surface area contributed by atoms with E-state index in [0.29, 0.717) is 6.54 Å². The predicted octanol–water partition coefficient (Wildman–Crippen LogP) is 1.83. The van der Waals surface area contributed by atoms with Gasteiger partial charge in [-0.15, -0.1) is 0 Å². The molecule has 0 radical (unpaired) electrons. The quantitative estimate of drug-likeness (QED) is 0.667. The van der Waals surface area contributed by atoms with E-state index in [0.717, 1.165) is 19.3 Å². The fraction of sp³-hybridized carbons (Fsp3) is 0.900. The van der Waals surface area contributed by atoms with Gasteiger partial charge in [0, 0.05) is 0 Å². The molecule has 0 fully saturated rings. The number of hydrogen-bond acceptors (Lipinski definition) is 2. The Morgan fingerprint density at radius 1 is 1.31 bits per heavy atom. The van der Waals surface area contributed by atoms with Crippen LogP contribution in [0, 0.1) is 0 Å². The zero-order valence-corrected chi connectivity index (χ0v) is 9.66. The van der Waals surface area contributed by atoms with Gasteiger partial charge < -0.3 is 10.6 Å². The minimum absolute atomic E-state index is 0.584. The van der Waals surface area contributed by atoms with E-state index in [2.05, 4.69) is 12.2 Å². The SMILES string of the molecule is CCCCCNC(C)C(=O)NCC(F)(F)F. The van der Waals surface area contributed by atoms with E-state index in [-0.39, 0.29) is 0 Å². The highest BCUT2D eigenvalue weighted by molar-refractivity contribution is 5.81. The number of carbonyl (C=O) groups excluding carboxylic acids is 1. The van der Waals surface area contributed by atoms with E-state index in [1.165, 1.54) is 0 Å². The van der Waals surface area contributed by atoms with Crippen molar-refractivity contribution in [2.75, 3.05) is 13.1 Å². The summed E-state index contributed by atoms with van der Waals surface area (Å²) in [5.74, 6) is -0.617. The van der Waals surface area contributed by atoms with Crippen molar-refractivity contribution in [1.29, 1.82) is 0 Å². The van der Waals surface area contributed by atoms with Crippen LogP contribution in [-0.4, -0.2) is 31.2 Å². The van der Waals surface area contributed by atoms with Crippen molar-refractivity contribution in [2.24, 2.45) is 0 Å². The van der Waals surface area contributed by atoms with Crippen molar-refractivity contribution in [3.63, 3.8) is 0 Å². The second kappa shape index (κ2) is 7.49. The second-order valence-electron chi connectivity index (χ2n) is 3.72. The van der Waals surface area contributed by atoms with Crippen molar-refractivity contribution in [1.82, 2.24) is 10.6 Å². The Kier molecular flexibility index (Phi) is 7.12. The van der Waals surface area contributed by atoms with Gasteiger partial charge in [0.1, 0.15) is 6.54 Å². The number of unbranched alkanes of at least 4 members (excludes halogenated alkanes) is 2. The third-order valence-corrected chi connectivity index (χ3v) is 2.09. The highest BCUT2D eigenvalue weighted by atomic mass is 19.4. The molecule has 1 atom stereocenters. The molecule has 6 heteroatoms. The van der Waals surface area contributed by atoms with Gasteiger partial charge in [-0.3, -0.25) is 4.79 Å². The van der Waals surface area contributed by atoms with E-state index in [9.17, 15) is 18.0 Å². The van der Waals surface area contributed by atoms with Crippen LogP contribution in [0.5, 0.6) is 0 Å². The average Bonchev–Trinajstić information content (AvgIpc) is 2.19. The lowest BCUT2D eigenvalue weighted by atomic mass is 10.2. The molecule has 2 N–H and O–H groups in total. The molecule has 0 saturated heterocycles. The lowest BCUT2D eigenvalue weighted by Gasteiger charge is -2.14. The third-order valence-electron chi connectivity index (χ3n) is 2.09. The van der Waals surface area contributed by atoms with Crippen LogP contribution in [0.1, 0.15) is 33.1 Å². The van der Waals surface area contributed by atoms with Crippen molar-refractivity contribution >= 4 is 5.91 Å². The summed E-state index contributed by atoms with van der Waals surface area (Å²) in [6.45, 7) is 2.98. The molecule has 0 aromatic heterocycles. The van der Waals surface area contributed by atoms with Gasteiger partial charge in [-0.25, -0.2) is 0 Å². The minimum atomic E-state index is -4.35. The zero-order valence-electron chi connectivity index (χ0n) is 9.66. The molecule has 3 nitrogen and oxygen atoms in total. The summed E-state index contributed by atoms with van der Waals surface area (Å²) in [5, 5.41) is 4.71. The molecule has 96 valence electrons. The molecule has 0 aliphatic carbocycles. The number of amides is 1. The van der Waals surface area contributed by atoms with E-state index >= 15 is 0 Å². The Morgan fingerprint density at radius 3 is 2.44 bits per heavy atom. The van der Waals surface area contributed by atoms with Gasteiger partial charge in [0.2, 0.25) is 5.91 Å². The molecule has 1 amide bonds. The number of rotatable bonds is 7. The first-order chi connectivity index (χ1) is 7.37. The van der Waals surface area contributed by atoms with Gasteiger partial charge >= 0.3 is 6.18 Å². The van der Waals surface area contributed by atoms with Crippen molar-refractivity contribution in [2.45, 2.75) is 45.3 Å². The Hall–Kier alpha value is -0.780. The Morgan fingerprint density at radius 2 is 1.94 bits per heavy atom. The van der Waals surface area contributed by atoms with Crippen molar-refractivity contribution in [3.05, 3.63) is 0 Å². The first-order valence-electron chi connectivity index (χ1n) is 5.44. The Labute approximate surface area is 93.8 Å². The van der Waals surface area contributed by atoms with E-state index in [1.54, 1.807) is 6.92 Å². The number of hydrogen-bond donors (Lipinski definition) is 2. The third kappa shape index (κ3) is 8.52. The molecule has 0 aromatic carbocycles. The van der Waals surface area contributed by atoms with Crippen LogP contribution < -0.4 is 10.6 Å². The van der Waals surface area contributed by atoms with Crippen LogP contribution >= 0.6 is 0 Å². The van der Waals surface area contributed by atoms with Crippen LogP contribution in [0.15, 0.2) is 0 Å². The highest BCUT2D eigenvalue weighted by Gasteiger charge is 2.28. The number of nitrogens with one attached hydrogen (secondary N) is 2. The number of halogens is 3. The summed E-state index contributed by atoms with van der Waals surface area (Å²) in [6.07, 6.45) is -1.31. The molecule has 0 aliphatic heterocycles. The van der Waals surface area contributed by atoms with Crippen LogP contribution in [0.3, 0.4) is 0 Å². The van der Waals surface area contributed by atoms with Gasteiger partial charge in [0.15, 0.2) is 0 Å².